The second kappa shape index (κ2) is 5.65. The molecular weight excluding hydrogens is 296 g/mol. The van der Waals surface area contributed by atoms with Crippen LogP contribution >= 0.6 is 11.3 Å². The number of carbonyl (C=O) groups is 1. The lowest BCUT2D eigenvalue weighted by Gasteiger charge is -2.16. The molecule has 21 heavy (non-hydrogen) atoms. The van der Waals surface area contributed by atoms with E-state index in [4.69, 9.17) is 5.73 Å². The molecule has 1 fully saturated rings. The number of nitrogens with one attached hydrogen (secondary N) is 1. The van der Waals surface area contributed by atoms with Crippen molar-refractivity contribution in [3.8, 4) is 0 Å². The highest BCUT2D eigenvalue weighted by atomic mass is 32.1. The van der Waals surface area contributed by atoms with Crippen molar-refractivity contribution in [3.05, 3.63) is 23.8 Å². The Balaban J connectivity index is 1.80. The molecule has 1 saturated carbocycles. The van der Waals surface area contributed by atoms with Crippen molar-refractivity contribution in [2.24, 2.45) is 17.6 Å². The summed E-state index contributed by atoms with van der Waals surface area (Å²) in [5.41, 5.74) is 6.02. The summed E-state index contributed by atoms with van der Waals surface area (Å²) < 4.78 is 26.8. The Morgan fingerprint density at radius 1 is 1.38 bits per heavy atom. The summed E-state index contributed by atoms with van der Waals surface area (Å²) >= 11 is 1.14. The van der Waals surface area contributed by atoms with E-state index in [0.717, 1.165) is 42.7 Å². The average Bonchev–Trinajstić information content (AvgIpc) is 3.05. The van der Waals surface area contributed by atoms with E-state index in [9.17, 15) is 13.6 Å². The number of nitrogens with two attached hydrogens (primary N) is 1. The van der Waals surface area contributed by atoms with E-state index in [0.29, 0.717) is 21.9 Å². The fourth-order valence-electron chi connectivity index (χ4n) is 2.84. The van der Waals surface area contributed by atoms with Gasteiger partial charge < -0.3 is 11.1 Å². The molecule has 0 unspecified atom stereocenters. The fourth-order valence-corrected chi connectivity index (χ4v) is 3.71. The number of thiazole rings is 1. The molecule has 0 aliphatic heterocycles. The Labute approximate surface area is 124 Å². The van der Waals surface area contributed by atoms with Gasteiger partial charge in [0.05, 0.1) is 10.2 Å². The minimum absolute atomic E-state index is 0.101. The van der Waals surface area contributed by atoms with Gasteiger partial charge in [-0.1, -0.05) is 17.8 Å². The van der Waals surface area contributed by atoms with Crippen molar-refractivity contribution < 1.29 is 13.6 Å². The minimum atomic E-state index is -0.940. The Bertz CT molecular complexity index is 649. The van der Waals surface area contributed by atoms with Crippen LogP contribution in [0.3, 0.4) is 0 Å². The number of anilines is 1. The number of fused-ring (bicyclic) bond motifs is 1. The molecule has 1 amide bonds. The second-order valence-corrected chi connectivity index (χ2v) is 6.31. The van der Waals surface area contributed by atoms with E-state index in [2.05, 4.69) is 10.3 Å². The van der Waals surface area contributed by atoms with Crippen molar-refractivity contribution in [2.45, 2.75) is 19.3 Å². The van der Waals surface area contributed by atoms with Gasteiger partial charge in [0.2, 0.25) is 5.91 Å². The molecule has 0 bridgehead atoms. The predicted octanol–water partition coefficient (Wildman–Crippen LogP) is 2.89. The minimum Gasteiger partial charge on any atom is -0.330 e. The summed E-state index contributed by atoms with van der Waals surface area (Å²) in [5, 5.41) is 3.11. The number of hydrogen-bond donors (Lipinski definition) is 2. The quantitative estimate of drug-likeness (QED) is 0.916. The zero-order valence-corrected chi connectivity index (χ0v) is 12.1. The van der Waals surface area contributed by atoms with Crippen LogP contribution in [-0.2, 0) is 4.79 Å². The van der Waals surface area contributed by atoms with Gasteiger partial charge in [-0.2, -0.15) is 0 Å². The van der Waals surface area contributed by atoms with Gasteiger partial charge in [0.1, 0.15) is 0 Å². The number of halogens is 2. The molecule has 2 atom stereocenters. The number of carbonyl (C=O) groups excluding carboxylic acids is 1. The Morgan fingerprint density at radius 2 is 2.14 bits per heavy atom. The fraction of sp³-hybridized carbons (Fsp3) is 0.429. The monoisotopic (exact) mass is 311 g/mol. The topological polar surface area (TPSA) is 68.0 Å². The van der Waals surface area contributed by atoms with Crippen molar-refractivity contribution >= 4 is 32.6 Å². The lowest BCUT2D eigenvalue weighted by molar-refractivity contribution is -0.120. The van der Waals surface area contributed by atoms with Gasteiger partial charge in [0.25, 0.3) is 0 Å². The summed E-state index contributed by atoms with van der Waals surface area (Å²) in [6.45, 7) is 0.494. The molecule has 0 saturated heterocycles. The summed E-state index contributed by atoms with van der Waals surface area (Å²) in [5.74, 6) is -1.86. The van der Waals surface area contributed by atoms with E-state index >= 15 is 0 Å². The van der Waals surface area contributed by atoms with Gasteiger partial charge >= 0.3 is 0 Å². The maximum absolute atomic E-state index is 13.2. The Morgan fingerprint density at radius 3 is 2.90 bits per heavy atom. The number of benzene rings is 1. The lowest BCUT2D eigenvalue weighted by atomic mass is 9.95. The molecule has 112 valence electrons. The molecule has 1 aromatic carbocycles. The Hall–Kier alpha value is -1.60. The van der Waals surface area contributed by atoms with E-state index in [1.807, 2.05) is 0 Å². The summed E-state index contributed by atoms with van der Waals surface area (Å²) in [7, 11) is 0. The van der Waals surface area contributed by atoms with Crippen LogP contribution in [0.15, 0.2) is 12.1 Å². The van der Waals surface area contributed by atoms with Gasteiger partial charge in [-0.15, -0.1) is 0 Å². The van der Waals surface area contributed by atoms with Crippen LogP contribution in [0, 0.1) is 23.5 Å². The first kappa shape index (κ1) is 14.3. The molecule has 0 spiro atoms. The van der Waals surface area contributed by atoms with E-state index < -0.39 is 11.6 Å². The highest BCUT2D eigenvalue weighted by Crippen LogP contribution is 2.33. The number of nitrogens with zero attached hydrogens (tertiary/aromatic N) is 1. The largest absolute Gasteiger partial charge is 0.330 e. The number of amides is 1. The number of aromatic nitrogens is 1. The number of rotatable bonds is 3. The normalized spacial score (nSPS) is 21.9. The zero-order valence-electron chi connectivity index (χ0n) is 11.2. The van der Waals surface area contributed by atoms with Gasteiger partial charge in [-0.05, 0) is 31.4 Å². The van der Waals surface area contributed by atoms with Gasteiger partial charge in [-0.3, -0.25) is 4.79 Å². The average molecular weight is 311 g/mol. The van der Waals surface area contributed by atoms with Crippen molar-refractivity contribution in [1.82, 2.24) is 4.98 Å². The molecule has 1 aliphatic rings. The molecule has 1 heterocycles. The summed E-state index contributed by atoms with van der Waals surface area (Å²) in [6.07, 6.45) is 2.78. The molecule has 1 aliphatic carbocycles. The predicted molar refractivity (Wildman–Crippen MR) is 78.1 cm³/mol. The molecule has 2 aromatic rings. The van der Waals surface area contributed by atoms with Crippen LogP contribution < -0.4 is 11.1 Å². The maximum atomic E-state index is 13.2. The van der Waals surface area contributed by atoms with Crippen LogP contribution in [0.2, 0.25) is 0 Å². The van der Waals surface area contributed by atoms with Crippen LogP contribution in [0.25, 0.3) is 10.2 Å². The summed E-state index contributed by atoms with van der Waals surface area (Å²) in [6, 6.07) is 2.13. The second-order valence-electron chi connectivity index (χ2n) is 5.28. The van der Waals surface area contributed by atoms with Crippen molar-refractivity contribution in [2.75, 3.05) is 11.9 Å². The van der Waals surface area contributed by atoms with Crippen LogP contribution in [0.4, 0.5) is 13.9 Å². The van der Waals surface area contributed by atoms with E-state index in [-0.39, 0.29) is 17.7 Å². The highest BCUT2D eigenvalue weighted by molar-refractivity contribution is 7.22. The van der Waals surface area contributed by atoms with Crippen molar-refractivity contribution in [3.63, 3.8) is 0 Å². The van der Waals surface area contributed by atoms with Crippen LogP contribution in [-0.4, -0.2) is 17.4 Å². The smallest absolute Gasteiger partial charge is 0.229 e. The first-order valence-electron chi connectivity index (χ1n) is 6.85. The zero-order chi connectivity index (χ0) is 15.0. The number of hydrogen-bond acceptors (Lipinski definition) is 4. The first-order chi connectivity index (χ1) is 10.1. The Kier molecular flexibility index (Phi) is 3.86. The third-order valence-corrected chi connectivity index (χ3v) is 4.89. The molecule has 4 nitrogen and oxygen atoms in total. The first-order valence-corrected chi connectivity index (χ1v) is 7.66. The third kappa shape index (κ3) is 2.75. The molecule has 0 radical (unpaired) electrons. The highest BCUT2D eigenvalue weighted by Gasteiger charge is 2.32. The molecule has 3 rings (SSSR count). The standard InChI is InChI=1S/C14H15F2N3OS/c15-9-4-11-12(5-10(9)16)21-14(18-11)19-13(20)8-3-1-2-7(8)6-17/h4-5,7-8H,1-3,6,17H2,(H,18,19,20)/t7-,8-/m1/s1. The summed E-state index contributed by atoms with van der Waals surface area (Å²) in [4.78, 5) is 16.4. The van der Waals surface area contributed by atoms with Crippen LogP contribution in [0.5, 0.6) is 0 Å². The SMILES string of the molecule is NC[C@H]1CCC[C@H]1C(=O)Nc1nc2cc(F)c(F)cc2s1. The molecule has 3 N–H and O–H groups in total. The van der Waals surface area contributed by atoms with Gasteiger partial charge in [0, 0.05) is 12.0 Å². The van der Waals surface area contributed by atoms with Crippen molar-refractivity contribution in [1.29, 1.82) is 0 Å². The maximum Gasteiger partial charge on any atom is 0.229 e. The van der Waals surface area contributed by atoms with Gasteiger partial charge in [-0.25, -0.2) is 13.8 Å². The molecular formula is C14H15F2N3OS. The molecule has 7 heteroatoms. The lowest BCUT2D eigenvalue weighted by Crippen LogP contribution is -2.29. The third-order valence-electron chi connectivity index (χ3n) is 3.96. The van der Waals surface area contributed by atoms with Gasteiger partial charge in [0.15, 0.2) is 16.8 Å². The molecule has 1 aromatic heterocycles. The van der Waals surface area contributed by atoms with E-state index in [1.165, 1.54) is 0 Å². The van der Waals surface area contributed by atoms with E-state index in [1.54, 1.807) is 0 Å². The van der Waals surface area contributed by atoms with Crippen LogP contribution in [0.1, 0.15) is 19.3 Å².